The van der Waals surface area contributed by atoms with Gasteiger partial charge in [0.1, 0.15) is 0 Å². The van der Waals surface area contributed by atoms with Gasteiger partial charge in [-0.05, 0) is 26.7 Å². The van der Waals surface area contributed by atoms with Crippen LogP contribution < -0.4 is 5.84 Å². The third-order valence-corrected chi connectivity index (χ3v) is 2.86. The van der Waals surface area contributed by atoms with Crippen LogP contribution in [-0.4, -0.2) is 35.2 Å². The normalized spacial score (nSPS) is 17.9. The summed E-state index contributed by atoms with van der Waals surface area (Å²) in [7, 11) is 0. The molecule has 1 aliphatic carbocycles. The molecule has 1 fully saturated rings. The van der Waals surface area contributed by atoms with Crippen molar-refractivity contribution in [1.29, 1.82) is 0 Å². The summed E-state index contributed by atoms with van der Waals surface area (Å²) < 4.78 is 41.6. The molecule has 19 heavy (non-hydrogen) atoms. The molecule has 0 aliphatic heterocycles. The lowest BCUT2D eigenvalue weighted by atomic mass is 10.2. The molecule has 0 bridgehead atoms. The number of amides is 1. The van der Waals surface area contributed by atoms with Crippen molar-refractivity contribution in [3.05, 3.63) is 11.6 Å². The van der Waals surface area contributed by atoms with Gasteiger partial charge in [-0.3, -0.25) is 9.80 Å². The molecule has 0 heterocycles. The maximum Gasteiger partial charge on any atom is 0.412 e. The van der Waals surface area contributed by atoms with Gasteiger partial charge in [-0.2, -0.15) is 13.2 Å². The number of halogens is 3. The van der Waals surface area contributed by atoms with E-state index in [2.05, 4.69) is 0 Å². The van der Waals surface area contributed by atoms with E-state index < -0.39 is 29.2 Å². The summed E-state index contributed by atoms with van der Waals surface area (Å²) in [5, 5.41) is 0.528. The van der Waals surface area contributed by atoms with E-state index in [9.17, 15) is 22.8 Å². The molecule has 1 aliphatic rings. The van der Waals surface area contributed by atoms with Crippen LogP contribution in [0.4, 0.5) is 13.2 Å². The first-order valence-electron chi connectivity index (χ1n) is 5.66. The third kappa shape index (κ3) is 3.25. The minimum absolute atomic E-state index is 0.111. The minimum Gasteiger partial charge on any atom is -0.464 e. The van der Waals surface area contributed by atoms with Crippen LogP contribution in [0.1, 0.15) is 26.7 Å². The van der Waals surface area contributed by atoms with E-state index in [1.54, 1.807) is 6.92 Å². The molecule has 0 aromatic heterocycles. The number of hydrogen-bond donors (Lipinski definition) is 1. The Balaban J connectivity index is 2.82. The number of hydrogen-bond acceptors (Lipinski definition) is 4. The first kappa shape index (κ1) is 15.5. The van der Waals surface area contributed by atoms with Crippen molar-refractivity contribution in [2.24, 2.45) is 5.84 Å². The number of nitrogens with zero attached hydrogens (tertiary/aromatic N) is 1. The Kier molecular flexibility index (Phi) is 4.24. The predicted octanol–water partition coefficient (Wildman–Crippen LogP) is 1.29. The van der Waals surface area contributed by atoms with Gasteiger partial charge in [-0.1, -0.05) is 0 Å². The molecule has 1 amide bonds. The van der Waals surface area contributed by atoms with Crippen molar-refractivity contribution >= 4 is 11.9 Å². The summed E-state index contributed by atoms with van der Waals surface area (Å²) in [6.45, 7) is 2.46. The van der Waals surface area contributed by atoms with Gasteiger partial charge in [-0.25, -0.2) is 10.6 Å². The zero-order valence-corrected chi connectivity index (χ0v) is 10.6. The summed E-state index contributed by atoms with van der Waals surface area (Å²) in [4.78, 5) is 23.2. The van der Waals surface area contributed by atoms with E-state index in [-0.39, 0.29) is 19.4 Å². The van der Waals surface area contributed by atoms with Crippen molar-refractivity contribution in [1.82, 2.24) is 5.01 Å². The number of nitrogens with two attached hydrogens (primary N) is 1. The van der Waals surface area contributed by atoms with Crippen LogP contribution in [0.5, 0.6) is 0 Å². The highest BCUT2D eigenvalue weighted by molar-refractivity contribution is 5.95. The van der Waals surface area contributed by atoms with Crippen LogP contribution in [0, 0.1) is 0 Å². The fourth-order valence-corrected chi connectivity index (χ4v) is 1.47. The van der Waals surface area contributed by atoms with E-state index in [0.717, 1.165) is 6.92 Å². The molecule has 108 valence electrons. The molecule has 1 saturated carbocycles. The first-order chi connectivity index (χ1) is 8.65. The molecule has 2 N–H and O–H groups in total. The molecule has 0 aromatic rings. The summed E-state index contributed by atoms with van der Waals surface area (Å²) in [5.74, 6) is 3.69. The first-order valence-corrected chi connectivity index (χ1v) is 5.66. The summed E-state index contributed by atoms with van der Waals surface area (Å²) in [6, 6.07) is 0. The van der Waals surface area contributed by atoms with Gasteiger partial charge in [0, 0.05) is 11.6 Å². The lowest BCUT2D eigenvalue weighted by molar-refractivity contribution is -0.156. The lowest BCUT2D eigenvalue weighted by Crippen LogP contribution is -2.52. The van der Waals surface area contributed by atoms with E-state index in [1.807, 2.05) is 0 Å². The van der Waals surface area contributed by atoms with Gasteiger partial charge in [-0.15, -0.1) is 0 Å². The molecule has 0 radical (unpaired) electrons. The van der Waals surface area contributed by atoms with Crippen LogP contribution in [0.2, 0.25) is 0 Å². The monoisotopic (exact) mass is 280 g/mol. The highest BCUT2D eigenvalue weighted by Gasteiger charge is 2.57. The summed E-state index contributed by atoms with van der Waals surface area (Å²) in [6.07, 6.45) is -3.66. The fraction of sp³-hybridized carbons (Fsp3) is 0.636. The van der Waals surface area contributed by atoms with Gasteiger partial charge in [0.2, 0.25) is 0 Å². The van der Waals surface area contributed by atoms with Crippen molar-refractivity contribution in [2.45, 2.75) is 38.4 Å². The van der Waals surface area contributed by atoms with Gasteiger partial charge in [0.25, 0.3) is 5.91 Å². The van der Waals surface area contributed by atoms with Crippen LogP contribution in [0.3, 0.4) is 0 Å². The molecule has 8 heteroatoms. The van der Waals surface area contributed by atoms with Crippen LogP contribution in [0.25, 0.3) is 0 Å². The Morgan fingerprint density at radius 3 is 2.32 bits per heavy atom. The Labute approximate surface area is 108 Å². The maximum atomic E-state index is 12.3. The Morgan fingerprint density at radius 1 is 1.42 bits per heavy atom. The van der Waals surface area contributed by atoms with Crippen molar-refractivity contribution in [2.75, 3.05) is 6.61 Å². The maximum absolute atomic E-state index is 12.3. The van der Waals surface area contributed by atoms with Gasteiger partial charge in [0.15, 0.2) is 5.54 Å². The van der Waals surface area contributed by atoms with Crippen LogP contribution in [-0.2, 0) is 14.3 Å². The van der Waals surface area contributed by atoms with E-state index in [1.165, 1.54) is 0 Å². The van der Waals surface area contributed by atoms with Gasteiger partial charge < -0.3 is 4.74 Å². The number of carbonyl (C=O) groups is 2. The molecule has 1 rings (SSSR count). The molecule has 0 aromatic carbocycles. The Morgan fingerprint density at radius 2 is 1.95 bits per heavy atom. The molecule has 0 atom stereocenters. The SMILES string of the molecule is CCOC(=O)C1(N(N)C(=O)/C=C(\C)C(F)(F)F)CC1. The molecule has 5 nitrogen and oxygen atoms in total. The largest absolute Gasteiger partial charge is 0.464 e. The number of alkyl halides is 3. The van der Waals surface area contributed by atoms with Crippen molar-refractivity contribution in [3.8, 4) is 0 Å². The number of esters is 1. The standard InChI is InChI=1S/C11H15F3N2O3/c1-3-19-9(18)10(4-5-10)16(15)8(17)6-7(2)11(12,13)14/h6H,3-5,15H2,1-2H3/b7-6+. The number of rotatable bonds is 4. The molecule has 0 saturated heterocycles. The minimum atomic E-state index is -4.60. The molecule has 0 spiro atoms. The molecular weight excluding hydrogens is 265 g/mol. The van der Waals surface area contributed by atoms with Crippen LogP contribution in [0.15, 0.2) is 11.6 Å². The van der Waals surface area contributed by atoms with E-state index in [0.29, 0.717) is 11.1 Å². The molecular formula is C11H15F3N2O3. The lowest BCUT2D eigenvalue weighted by Gasteiger charge is -2.24. The Bertz CT molecular complexity index is 414. The van der Waals surface area contributed by atoms with Crippen molar-refractivity contribution < 1.29 is 27.5 Å². The average molecular weight is 280 g/mol. The molecule has 0 unspecified atom stereocenters. The highest BCUT2D eigenvalue weighted by atomic mass is 19.4. The second-order valence-corrected chi connectivity index (χ2v) is 4.29. The predicted molar refractivity (Wildman–Crippen MR) is 59.4 cm³/mol. The smallest absolute Gasteiger partial charge is 0.412 e. The third-order valence-electron chi connectivity index (χ3n) is 2.86. The zero-order chi connectivity index (χ0) is 14.8. The second-order valence-electron chi connectivity index (χ2n) is 4.29. The Hall–Kier alpha value is -1.57. The van der Waals surface area contributed by atoms with Gasteiger partial charge in [0.05, 0.1) is 6.61 Å². The summed E-state index contributed by atoms with van der Waals surface area (Å²) in [5.41, 5.74) is -2.39. The number of carbonyl (C=O) groups excluding carboxylic acids is 2. The zero-order valence-electron chi connectivity index (χ0n) is 10.6. The summed E-state index contributed by atoms with van der Waals surface area (Å²) >= 11 is 0. The van der Waals surface area contributed by atoms with Crippen molar-refractivity contribution in [3.63, 3.8) is 0 Å². The van der Waals surface area contributed by atoms with E-state index >= 15 is 0 Å². The van der Waals surface area contributed by atoms with Crippen LogP contribution >= 0.6 is 0 Å². The quantitative estimate of drug-likeness (QED) is 0.277. The van der Waals surface area contributed by atoms with E-state index in [4.69, 9.17) is 10.6 Å². The topological polar surface area (TPSA) is 72.6 Å². The fourth-order valence-electron chi connectivity index (χ4n) is 1.47. The average Bonchev–Trinajstić information content (AvgIpc) is 3.08. The highest BCUT2D eigenvalue weighted by Crippen LogP contribution is 2.41. The number of allylic oxidation sites excluding steroid dienone is 1. The second kappa shape index (κ2) is 5.20. The number of ether oxygens (including phenoxy) is 1. The van der Waals surface area contributed by atoms with Gasteiger partial charge >= 0.3 is 12.1 Å². The number of hydrazine groups is 1.